The van der Waals surface area contributed by atoms with Crippen LogP contribution >= 0.6 is 11.8 Å². The topological polar surface area (TPSA) is 67.4 Å². The molecular formula is C18H18N2O3S. The predicted octanol–water partition coefficient (Wildman–Crippen LogP) is 2.99. The van der Waals surface area contributed by atoms with Crippen LogP contribution in [-0.4, -0.2) is 24.2 Å². The van der Waals surface area contributed by atoms with Crippen molar-refractivity contribution < 1.29 is 14.3 Å². The standard InChI is InChI=1S/C18H18N2O3S/c1-12(19-18(22)11-24-14-5-3-2-4-6-14)13-7-8-16-15(9-13)20-17(21)10-23-16/h2-9,12H,10-11H2,1H3,(H,19,22)(H,20,21). The number of hydrogen-bond donors (Lipinski definition) is 2. The van der Waals surface area contributed by atoms with Crippen molar-refractivity contribution in [1.82, 2.24) is 5.32 Å². The summed E-state index contributed by atoms with van der Waals surface area (Å²) in [6.07, 6.45) is 0. The lowest BCUT2D eigenvalue weighted by Crippen LogP contribution is -2.29. The van der Waals surface area contributed by atoms with Gasteiger partial charge in [-0.1, -0.05) is 24.3 Å². The van der Waals surface area contributed by atoms with E-state index >= 15 is 0 Å². The lowest BCUT2D eigenvalue weighted by atomic mass is 10.1. The normalized spacial score (nSPS) is 14.1. The molecule has 2 aromatic rings. The van der Waals surface area contributed by atoms with Crippen LogP contribution in [0.5, 0.6) is 5.75 Å². The molecule has 3 rings (SSSR count). The average Bonchev–Trinajstić information content (AvgIpc) is 2.60. The van der Waals surface area contributed by atoms with Gasteiger partial charge in [-0.05, 0) is 36.8 Å². The third-order valence-electron chi connectivity index (χ3n) is 3.63. The van der Waals surface area contributed by atoms with Gasteiger partial charge in [-0.2, -0.15) is 0 Å². The summed E-state index contributed by atoms with van der Waals surface area (Å²) in [5, 5.41) is 5.75. The predicted molar refractivity (Wildman–Crippen MR) is 94.3 cm³/mol. The highest BCUT2D eigenvalue weighted by Crippen LogP contribution is 2.30. The van der Waals surface area contributed by atoms with Crippen LogP contribution in [0.15, 0.2) is 53.4 Å². The molecule has 0 bridgehead atoms. The van der Waals surface area contributed by atoms with E-state index in [9.17, 15) is 9.59 Å². The smallest absolute Gasteiger partial charge is 0.262 e. The Kier molecular flexibility index (Phi) is 5.05. The average molecular weight is 342 g/mol. The Balaban J connectivity index is 1.58. The molecule has 0 saturated heterocycles. The number of rotatable bonds is 5. The highest BCUT2D eigenvalue weighted by molar-refractivity contribution is 8.00. The zero-order valence-corrected chi connectivity index (χ0v) is 14.1. The van der Waals surface area contributed by atoms with E-state index in [0.717, 1.165) is 10.5 Å². The van der Waals surface area contributed by atoms with E-state index in [1.807, 2.05) is 55.5 Å². The fraction of sp³-hybridized carbons (Fsp3) is 0.222. The molecule has 124 valence electrons. The molecule has 1 aliphatic rings. The Bertz CT molecular complexity index is 749. The van der Waals surface area contributed by atoms with E-state index in [1.54, 1.807) is 0 Å². The molecule has 1 heterocycles. The number of ether oxygens (including phenoxy) is 1. The Morgan fingerprint density at radius 1 is 1.29 bits per heavy atom. The number of anilines is 1. The number of amides is 2. The summed E-state index contributed by atoms with van der Waals surface area (Å²) in [6.45, 7) is 1.95. The Morgan fingerprint density at radius 2 is 2.08 bits per heavy atom. The highest BCUT2D eigenvalue weighted by Gasteiger charge is 2.18. The van der Waals surface area contributed by atoms with Crippen molar-refractivity contribution in [3.63, 3.8) is 0 Å². The lowest BCUT2D eigenvalue weighted by Gasteiger charge is -2.21. The van der Waals surface area contributed by atoms with Gasteiger partial charge in [-0.25, -0.2) is 0 Å². The number of nitrogens with one attached hydrogen (secondary N) is 2. The first-order valence-electron chi connectivity index (χ1n) is 7.65. The van der Waals surface area contributed by atoms with Gasteiger partial charge in [0, 0.05) is 4.90 Å². The molecule has 1 unspecified atom stereocenters. The number of fused-ring (bicyclic) bond motifs is 1. The summed E-state index contributed by atoms with van der Waals surface area (Å²) in [5.41, 5.74) is 1.56. The van der Waals surface area contributed by atoms with E-state index in [-0.39, 0.29) is 24.5 Å². The molecule has 0 radical (unpaired) electrons. The highest BCUT2D eigenvalue weighted by atomic mass is 32.2. The summed E-state index contributed by atoms with van der Waals surface area (Å²) >= 11 is 1.50. The van der Waals surface area contributed by atoms with Crippen molar-refractivity contribution in [3.8, 4) is 5.75 Å². The molecule has 5 nitrogen and oxygen atoms in total. The van der Waals surface area contributed by atoms with Crippen LogP contribution in [0.4, 0.5) is 5.69 Å². The van der Waals surface area contributed by atoms with E-state index < -0.39 is 0 Å². The Morgan fingerprint density at radius 3 is 2.88 bits per heavy atom. The molecule has 2 aromatic carbocycles. The third-order valence-corrected chi connectivity index (χ3v) is 4.64. The summed E-state index contributed by atoms with van der Waals surface area (Å²) in [4.78, 5) is 24.6. The number of carbonyl (C=O) groups excluding carboxylic acids is 2. The van der Waals surface area contributed by atoms with Gasteiger partial charge in [-0.15, -0.1) is 11.8 Å². The number of thioether (sulfide) groups is 1. The fourth-order valence-corrected chi connectivity index (χ4v) is 3.13. The third kappa shape index (κ3) is 4.08. The van der Waals surface area contributed by atoms with Crippen LogP contribution in [-0.2, 0) is 9.59 Å². The van der Waals surface area contributed by atoms with Crippen LogP contribution in [0.25, 0.3) is 0 Å². The summed E-state index contributed by atoms with van der Waals surface area (Å²) in [5.74, 6) is 0.806. The van der Waals surface area contributed by atoms with Gasteiger partial charge in [0.05, 0.1) is 17.5 Å². The first-order chi connectivity index (χ1) is 11.6. The van der Waals surface area contributed by atoms with Gasteiger partial charge >= 0.3 is 0 Å². The molecule has 1 atom stereocenters. The fourth-order valence-electron chi connectivity index (χ4n) is 2.40. The minimum atomic E-state index is -0.171. The molecule has 0 fully saturated rings. The van der Waals surface area contributed by atoms with Gasteiger partial charge in [0.2, 0.25) is 5.91 Å². The van der Waals surface area contributed by atoms with Crippen molar-refractivity contribution in [3.05, 3.63) is 54.1 Å². The maximum absolute atomic E-state index is 12.1. The molecule has 0 spiro atoms. The van der Waals surface area contributed by atoms with E-state index in [0.29, 0.717) is 17.2 Å². The van der Waals surface area contributed by atoms with Crippen LogP contribution in [0, 0.1) is 0 Å². The first kappa shape index (κ1) is 16.4. The van der Waals surface area contributed by atoms with Crippen molar-refractivity contribution in [2.45, 2.75) is 17.9 Å². The minimum Gasteiger partial charge on any atom is -0.482 e. The van der Waals surface area contributed by atoms with Crippen molar-refractivity contribution in [2.24, 2.45) is 0 Å². The van der Waals surface area contributed by atoms with Crippen molar-refractivity contribution in [1.29, 1.82) is 0 Å². The maximum atomic E-state index is 12.1. The Hall–Kier alpha value is -2.47. The Labute approximate surface area is 144 Å². The second-order valence-corrected chi connectivity index (χ2v) is 6.53. The summed E-state index contributed by atoms with van der Waals surface area (Å²) in [6, 6.07) is 15.2. The molecule has 6 heteroatoms. The largest absolute Gasteiger partial charge is 0.482 e. The summed E-state index contributed by atoms with van der Waals surface area (Å²) < 4.78 is 5.34. The van der Waals surface area contributed by atoms with Gasteiger partial charge < -0.3 is 15.4 Å². The zero-order chi connectivity index (χ0) is 16.9. The summed E-state index contributed by atoms with van der Waals surface area (Å²) in [7, 11) is 0. The molecule has 2 N–H and O–H groups in total. The maximum Gasteiger partial charge on any atom is 0.262 e. The monoisotopic (exact) mass is 342 g/mol. The molecule has 0 aromatic heterocycles. The van der Waals surface area contributed by atoms with Crippen molar-refractivity contribution in [2.75, 3.05) is 17.7 Å². The second-order valence-electron chi connectivity index (χ2n) is 5.48. The van der Waals surface area contributed by atoms with Gasteiger partial charge in [0.1, 0.15) is 5.75 Å². The van der Waals surface area contributed by atoms with Crippen LogP contribution < -0.4 is 15.4 Å². The molecule has 2 amide bonds. The minimum absolute atomic E-state index is 0.0330. The molecule has 1 aliphatic heterocycles. The van der Waals surface area contributed by atoms with Crippen molar-refractivity contribution >= 4 is 29.3 Å². The quantitative estimate of drug-likeness (QED) is 0.820. The van der Waals surface area contributed by atoms with E-state index in [1.165, 1.54) is 11.8 Å². The number of benzene rings is 2. The second kappa shape index (κ2) is 7.40. The molecule has 0 aliphatic carbocycles. The van der Waals surface area contributed by atoms with Crippen LogP contribution in [0.3, 0.4) is 0 Å². The number of carbonyl (C=O) groups is 2. The molecular weight excluding hydrogens is 324 g/mol. The zero-order valence-electron chi connectivity index (χ0n) is 13.2. The van der Waals surface area contributed by atoms with Gasteiger partial charge in [0.15, 0.2) is 6.61 Å². The van der Waals surface area contributed by atoms with Crippen LogP contribution in [0.2, 0.25) is 0 Å². The lowest BCUT2D eigenvalue weighted by molar-refractivity contribution is -0.119. The SMILES string of the molecule is CC(NC(=O)CSc1ccccc1)c1ccc2c(c1)NC(=O)CO2. The van der Waals surface area contributed by atoms with Crippen LogP contribution in [0.1, 0.15) is 18.5 Å². The molecule has 24 heavy (non-hydrogen) atoms. The van der Waals surface area contributed by atoms with Gasteiger partial charge in [0.25, 0.3) is 5.91 Å². The molecule has 0 saturated carbocycles. The van der Waals surface area contributed by atoms with Gasteiger partial charge in [-0.3, -0.25) is 9.59 Å². The van der Waals surface area contributed by atoms with E-state index in [4.69, 9.17) is 4.74 Å². The van der Waals surface area contributed by atoms with E-state index in [2.05, 4.69) is 10.6 Å². The number of hydrogen-bond acceptors (Lipinski definition) is 4. The first-order valence-corrected chi connectivity index (χ1v) is 8.64.